The first kappa shape index (κ1) is 24.7. The lowest BCUT2D eigenvalue weighted by Crippen LogP contribution is -2.47. The van der Waals surface area contributed by atoms with Gasteiger partial charge in [-0.1, -0.05) is 38.0 Å². The van der Waals surface area contributed by atoms with Crippen molar-refractivity contribution < 1.29 is 22.4 Å². The van der Waals surface area contributed by atoms with Gasteiger partial charge in [0.05, 0.1) is 10.3 Å². The Bertz CT molecular complexity index is 1360. The molecule has 0 aliphatic carbocycles. The van der Waals surface area contributed by atoms with Gasteiger partial charge in [0, 0.05) is 5.56 Å². The standard InChI is InChI=1S/C25H29NO6S/c1-7-16(4)23(26-33(29,30)19-10-8-14(2)9-11-19)25(28)32-21-13-15(3)12-20-22(21)17(5)18(6)24(27)31-20/h8-13,16,23,26H,7H2,1-6H3. The minimum atomic E-state index is -3.95. The van der Waals surface area contributed by atoms with E-state index >= 15 is 0 Å². The fourth-order valence-corrected chi connectivity index (χ4v) is 4.82. The second-order valence-corrected chi connectivity index (χ2v) is 10.2. The van der Waals surface area contributed by atoms with E-state index in [0.717, 1.165) is 11.1 Å². The first-order valence-corrected chi connectivity index (χ1v) is 12.3. The summed E-state index contributed by atoms with van der Waals surface area (Å²) in [4.78, 5) is 25.4. The number of carbonyl (C=O) groups is 1. The van der Waals surface area contributed by atoms with Crippen molar-refractivity contribution in [2.24, 2.45) is 5.92 Å². The molecule has 0 spiro atoms. The molecule has 0 aliphatic rings. The predicted octanol–water partition coefficient (Wildman–Crippen LogP) is 4.33. The molecule has 8 heteroatoms. The molecule has 0 radical (unpaired) electrons. The van der Waals surface area contributed by atoms with Gasteiger partial charge in [-0.2, -0.15) is 4.72 Å². The van der Waals surface area contributed by atoms with Gasteiger partial charge in [-0.25, -0.2) is 18.0 Å². The normalized spacial score (nSPS) is 13.6. The molecule has 0 aliphatic heterocycles. The smallest absolute Gasteiger partial charge is 0.339 e. The number of hydrogen-bond donors (Lipinski definition) is 1. The maximum absolute atomic E-state index is 13.3. The van der Waals surface area contributed by atoms with Crippen molar-refractivity contribution in [3.8, 4) is 5.75 Å². The third kappa shape index (κ3) is 5.17. The highest BCUT2D eigenvalue weighted by Gasteiger charge is 2.32. The Hall–Kier alpha value is -2.97. The molecule has 1 aromatic heterocycles. The van der Waals surface area contributed by atoms with Crippen LogP contribution in [0.2, 0.25) is 0 Å². The van der Waals surface area contributed by atoms with Crippen molar-refractivity contribution in [3.05, 3.63) is 69.1 Å². The van der Waals surface area contributed by atoms with Crippen LogP contribution in [0.15, 0.2) is 50.5 Å². The molecule has 1 N–H and O–H groups in total. The zero-order valence-electron chi connectivity index (χ0n) is 19.7. The Balaban J connectivity index is 2.01. The summed E-state index contributed by atoms with van der Waals surface area (Å²) >= 11 is 0. The molecule has 2 aromatic carbocycles. The third-order valence-electron chi connectivity index (χ3n) is 5.95. The van der Waals surface area contributed by atoms with Crippen LogP contribution in [-0.4, -0.2) is 20.4 Å². The monoisotopic (exact) mass is 471 g/mol. The van der Waals surface area contributed by atoms with Gasteiger partial charge in [-0.05, 0) is 69.0 Å². The average molecular weight is 472 g/mol. The number of benzene rings is 2. The Labute approximate surface area is 193 Å². The van der Waals surface area contributed by atoms with Gasteiger partial charge in [-0.3, -0.25) is 0 Å². The molecule has 0 fully saturated rings. The van der Waals surface area contributed by atoms with Gasteiger partial charge >= 0.3 is 11.6 Å². The molecule has 0 amide bonds. The maximum Gasteiger partial charge on any atom is 0.339 e. The van der Waals surface area contributed by atoms with Crippen LogP contribution >= 0.6 is 0 Å². The number of esters is 1. The van der Waals surface area contributed by atoms with Crippen molar-refractivity contribution in [2.45, 2.75) is 58.9 Å². The Morgan fingerprint density at radius 2 is 1.67 bits per heavy atom. The fourth-order valence-electron chi connectivity index (χ4n) is 3.53. The van der Waals surface area contributed by atoms with Crippen molar-refractivity contribution in [1.29, 1.82) is 0 Å². The van der Waals surface area contributed by atoms with Gasteiger partial charge in [-0.15, -0.1) is 0 Å². The molecule has 33 heavy (non-hydrogen) atoms. The number of nitrogens with one attached hydrogen (secondary N) is 1. The Kier molecular flexibility index (Phi) is 7.09. The van der Waals surface area contributed by atoms with Gasteiger partial charge < -0.3 is 9.15 Å². The third-order valence-corrected chi connectivity index (χ3v) is 7.40. The number of rotatable bonds is 7. The van der Waals surface area contributed by atoms with Crippen LogP contribution in [0.3, 0.4) is 0 Å². The summed E-state index contributed by atoms with van der Waals surface area (Å²) in [5.74, 6) is -0.827. The topological polar surface area (TPSA) is 103 Å². The quantitative estimate of drug-likeness (QED) is 0.313. The van der Waals surface area contributed by atoms with E-state index in [1.807, 2.05) is 13.8 Å². The van der Waals surface area contributed by atoms with Gasteiger partial charge in [0.2, 0.25) is 10.0 Å². The maximum atomic E-state index is 13.3. The van der Waals surface area contributed by atoms with Crippen molar-refractivity contribution >= 4 is 27.0 Å². The fraction of sp³-hybridized carbons (Fsp3) is 0.360. The summed E-state index contributed by atoms with van der Waals surface area (Å²) in [5, 5.41) is 0.510. The van der Waals surface area contributed by atoms with E-state index < -0.39 is 27.7 Å². The summed E-state index contributed by atoms with van der Waals surface area (Å²) in [6.45, 7) is 10.7. The van der Waals surface area contributed by atoms with Crippen LogP contribution in [-0.2, 0) is 14.8 Å². The molecule has 0 saturated carbocycles. The van der Waals surface area contributed by atoms with Crippen molar-refractivity contribution in [3.63, 3.8) is 0 Å². The summed E-state index contributed by atoms with van der Waals surface area (Å²) < 4.78 is 39.6. The number of carbonyl (C=O) groups excluding carboxylic acids is 1. The Morgan fingerprint density at radius 3 is 2.27 bits per heavy atom. The van der Waals surface area contributed by atoms with E-state index in [1.165, 1.54) is 12.1 Å². The molecule has 0 saturated heterocycles. The number of ether oxygens (including phenoxy) is 1. The lowest BCUT2D eigenvalue weighted by atomic mass is 10.00. The molecule has 1 heterocycles. The lowest BCUT2D eigenvalue weighted by Gasteiger charge is -2.23. The van der Waals surface area contributed by atoms with E-state index in [1.54, 1.807) is 52.0 Å². The zero-order chi connectivity index (χ0) is 24.5. The molecule has 176 valence electrons. The first-order chi connectivity index (χ1) is 15.4. The van der Waals surface area contributed by atoms with Crippen molar-refractivity contribution in [1.82, 2.24) is 4.72 Å². The van der Waals surface area contributed by atoms with Crippen LogP contribution in [0.1, 0.15) is 42.5 Å². The highest BCUT2D eigenvalue weighted by Crippen LogP contribution is 2.31. The summed E-state index contributed by atoms with van der Waals surface area (Å²) in [7, 11) is -3.95. The largest absolute Gasteiger partial charge is 0.425 e. The lowest BCUT2D eigenvalue weighted by molar-refractivity contribution is -0.137. The van der Waals surface area contributed by atoms with Gasteiger partial charge in [0.25, 0.3) is 0 Å². The number of hydrogen-bond acceptors (Lipinski definition) is 6. The zero-order valence-corrected chi connectivity index (χ0v) is 20.5. The molecular formula is C25H29NO6S. The molecule has 7 nitrogen and oxygen atoms in total. The van der Waals surface area contributed by atoms with Crippen LogP contribution in [0.5, 0.6) is 5.75 Å². The van der Waals surface area contributed by atoms with E-state index in [2.05, 4.69) is 4.72 Å². The van der Waals surface area contributed by atoms with E-state index in [4.69, 9.17) is 9.15 Å². The average Bonchev–Trinajstić information content (AvgIpc) is 2.75. The number of aryl methyl sites for hydroxylation is 3. The first-order valence-electron chi connectivity index (χ1n) is 10.8. The SMILES string of the molecule is CCC(C)C(NS(=O)(=O)c1ccc(C)cc1)C(=O)Oc1cc(C)cc2oc(=O)c(C)c(C)c12. The van der Waals surface area contributed by atoms with Crippen LogP contribution in [0.4, 0.5) is 0 Å². The van der Waals surface area contributed by atoms with E-state index in [0.29, 0.717) is 28.5 Å². The highest BCUT2D eigenvalue weighted by atomic mass is 32.2. The highest BCUT2D eigenvalue weighted by molar-refractivity contribution is 7.89. The van der Waals surface area contributed by atoms with E-state index in [9.17, 15) is 18.0 Å². The van der Waals surface area contributed by atoms with Gasteiger partial charge in [0.1, 0.15) is 17.4 Å². The summed E-state index contributed by atoms with van der Waals surface area (Å²) in [6, 6.07) is 8.67. The molecule has 2 atom stereocenters. The summed E-state index contributed by atoms with van der Waals surface area (Å²) in [5.41, 5.74) is 2.58. The number of fused-ring (bicyclic) bond motifs is 1. The predicted molar refractivity (Wildman–Crippen MR) is 127 cm³/mol. The van der Waals surface area contributed by atoms with Crippen LogP contribution in [0, 0.1) is 33.6 Å². The van der Waals surface area contributed by atoms with Crippen molar-refractivity contribution in [2.75, 3.05) is 0 Å². The van der Waals surface area contributed by atoms with Gasteiger partial charge in [0.15, 0.2) is 0 Å². The second kappa shape index (κ2) is 9.49. The molecule has 2 unspecified atom stereocenters. The molecular weight excluding hydrogens is 442 g/mol. The molecule has 3 aromatic rings. The minimum Gasteiger partial charge on any atom is -0.425 e. The second-order valence-electron chi connectivity index (χ2n) is 8.49. The Morgan fingerprint density at radius 1 is 1.03 bits per heavy atom. The number of sulfonamides is 1. The molecule has 0 bridgehead atoms. The molecule has 3 rings (SSSR count). The van der Waals surface area contributed by atoms with E-state index in [-0.39, 0.29) is 16.6 Å². The van der Waals surface area contributed by atoms with Crippen LogP contribution in [0.25, 0.3) is 11.0 Å². The van der Waals surface area contributed by atoms with Crippen LogP contribution < -0.4 is 15.1 Å². The summed E-state index contributed by atoms with van der Waals surface area (Å²) in [6.07, 6.45) is 0.553. The minimum absolute atomic E-state index is 0.0726.